The molecule has 4 heteroatoms. The quantitative estimate of drug-likeness (QED) is 0.792. The van der Waals surface area contributed by atoms with Crippen LogP contribution < -0.4 is 5.73 Å². The van der Waals surface area contributed by atoms with Gasteiger partial charge in [-0.15, -0.1) is 0 Å². The second-order valence-corrected chi connectivity index (χ2v) is 4.65. The summed E-state index contributed by atoms with van der Waals surface area (Å²) in [7, 11) is 0. The number of nitrogens with two attached hydrogens (primary N) is 1. The van der Waals surface area contributed by atoms with Gasteiger partial charge < -0.3 is 5.73 Å². The zero-order chi connectivity index (χ0) is 10.7. The van der Waals surface area contributed by atoms with E-state index in [-0.39, 0.29) is 0 Å². The Morgan fingerprint density at radius 2 is 2.33 bits per heavy atom. The molecule has 4 nitrogen and oxygen atoms in total. The highest BCUT2D eigenvalue weighted by Crippen LogP contribution is 2.34. The van der Waals surface area contributed by atoms with Crippen molar-refractivity contribution in [3.05, 3.63) is 11.6 Å². The van der Waals surface area contributed by atoms with Gasteiger partial charge in [-0.25, -0.2) is 4.98 Å². The van der Waals surface area contributed by atoms with Gasteiger partial charge in [-0.05, 0) is 25.3 Å². The molecule has 1 heterocycles. The van der Waals surface area contributed by atoms with Gasteiger partial charge in [0.2, 0.25) is 0 Å². The van der Waals surface area contributed by atoms with Crippen molar-refractivity contribution in [2.75, 3.05) is 6.54 Å². The van der Waals surface area contributed by atoms with Crippen LogP contribution in [0.15, 0.2) is 0 Å². The minimum Gasteiger partial charge on any atom is -0.330 e. The van der Waals surface area contributed by atoms with Crippen LogP contribution in [0.3, 0.4) is 0 Å². The number of H-pyrrole nitrogens is 1. The van der Waals surface area contributed by atoms with Gasteiger partial charge in [-0.3, -0.25) is 5.10 Å². The number of aromatic nitrogens is 3. The number of hydrogen-bond donors (Lipinski definition) is 2. The molecule has 0 bridgehead atoms. The maximum Gasteiger partial charge on any atom is 0.153 e. The third kappa shape index (κ3) is 2.56. The van der Waals surface area contributed by atoms with E-state index < -0.39 is 0 Å². The van der Waals surface area contributed by atoms with Crippen molar-refractivity contribution < 1.29 is 0 Å². The Balaban J connectivity index is 2.01. The lowest BCUT2D eigenvalue weighted by atomic mass is 9.82. The molecule has 0 aromatic carbocycles. The van der Waals surface area contributed by atoms with Crippen molar-refractivity contribution in [3.8, 4) is 0 Å². The average Bonchev–Trinajstić information content (AvgIpc) is 2.67. The highest BCUT2D eigenvalue weighted by molar-refractivity contribution is 5.00. The fourth-order valence-electron chi connectivity index (χ4n) is 2.41. The van der Waals surface area contributed by atoms with Crippen molar-refractivity contribution in [3.63, 3.8) is 0 Å². The minimum absolute atomic E-state index is 0.566. The number of nitrogens with one attached hydrogen (secondary N) is 1. The molecule has 1 aromatic rings. The average molecular weight is 208 g/mol. The molecule has 1 aromatic heterocycles. The van der Waals surface area contributed by atoms with E-state index in [0.717, 1.165) is 24.0 Å². The normalized spacial score (nSPS) is 26.8. The maximum absolute atomic E-state index is 5.48. The largest absolute Gasteiger partial charge is 0.330 e. The first kappa shape index (κ1) is 10.6. The molecule has 0 saturated heterocycles. The van der Waals surface area contributed by atoms with Gasteiger partial charge in [0.1, 0.15) is 5.82 Å². The van der Waals surface area contributed by atoms with E-state index in [1.807, 2.05) is 0 Å². The molecule has 84 valence electrons. The van der Waals surface area contributed by atoms with Crippen LogP contribution >= 0.6 is 0 Å². The SMILES string of the molecule is CC1CCCC(c2n[nH]c(CCN)n2)C1. The molecule has 0 amide bonds. The van der Waals surface area contributed by atoms with Crippen molar-refractivity contribution in [2.24, 2.45) is 11.7 Å². The fraction of sp³-hybridized carbons (Fsp3) is 0.818. The fourth-order valence-corrected chi connectivity index (χ4v) is 2.41. The van der Waals surface area contributed by atoms with E-state index in [2.05, 4.69) is 22.1 Å². The van der Waals surface area contributed by atoms with Gasteiger partial charge >= 0.3 is 0 Å². The van der Waals surface area contributed by atoms with Crippen molar-refractivity contribution in [2.45, 2.75) is 44.9 Å². The van der Waals surface area contributed by atoms with E-state index in [0.29, 0.717) is 12.5 Å². The van der Waals surface area contributed by atoms with Crippen molar-refractivity contribution >= 4 is 0 Å². The first-order chi connectivity index (χ1) is 7.29. The molecule has 1 aliphatic rings. The molecule has 3 N–H and O–H groups in total. The van der Waals surface area contributed by atoms with Crippen LogP contribution in [0.2, 0.25) is 0 Å². The number of nitrogens with zero attached hydrogens (tertiary/aromatic N) is 2. The van der Waals surface area contributed by atoms with Crippen LogP contribution in [0.1, 0.15) is 50.2 Å². The monoisotopic (exact) mass is 208 g/mol. The first-order valence-corrected chi connectivity index (χ1v) is 5.91. The van der Waals surface area contributed by atoms with Gasteiger partial charge in [0.05, 0.1) is 0 Å². The summed E-state index contributed by atoms with van der Waals surface area (Å²) < 4.78 is 0. The molecule has 2 unspecified atom stereocenters. The predicted octanol–water partition coefficient (Wildman–Crippen LogP) is 1.60. The summed E-state index contributed by atoms with van der Waals surface area (Å²) >= 11 is 0. The van der Waals surface area contributed by atoms with Gasteiger partial charge in [0.25, 0.3) is 0 Å². The Kier molecular flexibility index (Phi) is 3.36. The summed E-state index contributed by atoms with van der Waals surface area (Å²) in [6, 6.07) is 0. The summed E-state index contributed by atoms with van der Waals surface area (Å²) in [5, 5.41) is 7.28. The van der Waals surface area contributed by atoms with Crippen LogP contribution in [0.5, 0.6) is 0 Å². The molecule has 1 fully saturated rings. The highest BCUT2D eigenvalue weighted by atomic mass is 15.2. The van der Waals surface area contributed by atoms with Crippen LogP contribution in [-0.4, -0.2) is 21.7 Å². The number of rotatable bonds is 3. The third-order valence-electron chi connectivity index (χ3n) is 3.23. The van der Waals surface area contributed by atoms with E-state index in [1.54, 1.807) is 0 Å². The summed E-state index contributed by atoms with van der Waals surface area (Å²) in [5.41, 5.74) is 5.48. The summed E-state index contributed by atoms with van der Waals surface area (Å²) in [6.07, 6.45) is 5.95. The van der Waals surface area contributed by atoms with E-state index in [9.17, 15) is 0 Å². The molecule has 2 rings (SSSR count). The maximum atomic E-state index is 5.48. The summed E-state index contributed by atoms with van der Waals surface area (Å²) in [4.78, 5) is 4.51. The van der Waals surface area contributed by atoms with Crippen molar-refractivity contribution in [1.29, 1.82) is 0 Å². The van der Waals surface area contributed by atoms with Gasteiger partial charge in [0.15, 0.2) is 5.82 Å². The zero-order valence-electron chi connectivity index (χ0n) is 9.37. The molecule has 0 radical (unpaired) electrons. The second kappa shape index (κ2) is 4.75. The van der Waals surface area contributed by atoms with E-state index in [1.165, 1.54) is 25.7 Å². The Morgan fingerprint density at radius 1 is 1.47 bits per heavy atom. The lowest BCUT2D eigenvalue weighted by Crippen LogP contribution is -2.13. The number of hydrogen-bond acceptors (Lipinski definition) is 3. The van der Waals surface area contributed by atoms with Crippen LogP contribution in [0, 0.1) is 5.92 Å². The zero-order valence-corrected chi connectivity index (χ0v) is 9.37. The Morgan fingerprint density at radius 3 is 3.07 bits per heavy atom. The Hall–Kier alpha value is -0.900. The third-order valence-corrected chi connectivity index (χ3v) is 3.23. The topological polar surface area (TPSA) is 67.6 Å². The Labute approximate surface area is 90.7 Å². The standard InChI is InChI=1S/C11H20N4/c1-8-3-2-4-9(7-8)11-13-10(5-6-12)14-15-11/h8-9H,2-7,12H2,1H3,(H,13,14,15). The highest BCUT2D eigenvalue weighted by Gasteiger charge is 2.23. The van der Waals surface area contributed by atoms with Crippen LogP contribution in [-0.2, 0) is 6.42 Å². The second-order valence-electron chi connectivity index (χ2n) is 4.65. The molecular weight excluding hydrogens is 188 g/mol. The lowest BCUT2D eigenvalue weighted by Gasteiger charge is -2.24. The predicted molar refractivity (Wildman–Crippen MR) is 59.5 cm³/mol. The van der Waals surface area contributed by atoms with Gasteiger partial charge in [-0.2, -0.15) is 5.10 Å². The number of aromatic amines is 1. The van der Waals surface area contributed by atoms with Crippen molar-refractivity contribution in [1.82, 2.24) is 15.2 Å². The first-order valence-electron chi connectivity index (χ1n) is 5.91. The lowest BCUT2D eigenvalue weighted by molar-refractivity contribution is 0.335. The Bertz CT molecular complexity index is 307. The van der Waals surface area contributed by atoms with Gasteiger partial charge in [0, 0.05) is 12.3 Å². The molecule has 0 aliphatic heterocycles. The van der Waals surface area contributed by atoms with E-state index >= 15 is 0 Å². The molecule has 1 aliphatic carbocycles. The van der Waals surface area contributed by atoms with Crippen LogP contribution in [0.4, 0.5) is 0 Å². The van der Waals surface area contributed by atoms with Gasteiger partial charge in [-0.1, -0.05) is 19.8 Å². The molecule has 15 heavy (non-hydrogen) atoms. The molecule has 0 spiro atoms. The minimum atomic E-state index is 0.566. The smallest absolute Gasteiger partial charge is 0.153 e. The summed E-state index contributed by atoms with van der Waals surface area (Å²) in [5.74, 6) is 3.33. The molecule has 1 saturated carbocycles. The molecule has 2 atom stereocenters. The summed E-state index contributed by atoms with van der Waals surface area (Å²) in [6.45, 7) is 2.95. The van der Waals surface area contributed by atoms with Crippen LogP contribution in [0.25, 0.3) is 0 Å². The molecular formula is C11H20N4. The van der Waals surface area contributed by atoms with E-state index in [4.69, 9.17) is 5.73 Å².